The lowest BCUT2D eigenvalue weighted by atomic mass is 10.4. The van der Waals surface area contributed by atoms with Crippen LogP contribution >= 0.6 is 0 Å². The summed E-state index contributed by atoms with van der Waals surface area (Å²) in [5.41, 5.74) is 0. The van der Waals surface area contributed by atoms with Crippen molar-refractivity contribution in [2.75, 3.05) is 25.6 Å². The third-order valence-electron chi connectivity index (χ3n) is 1.76. The summed E-state index contributed by atoms with van der Waals surface area (Å²) in [5.74, 6) is -1.42. The largest absolute Gasteiger partial charge is 0.477 e. The van der Waals surface area contributed by atoms with E-state index >= 15 is 0 Å². The molecule has 1 heterocycles. The van der Waals surface area contributed by atoms with Crippen molar-refractivity contribution in [3.63, 3.8) is 0 Å². The monoisotopic (exact) mass is 251 g/mol. The predicted molar refractivity (Wildman–Crippen MR) is 53.8 cm³/mol. The summed E-state index contributed by atoms with van der Waals surface area (Å²) >= 11 is 0. The third-order valence-corrected chi connectivity index (χ3v) is 1.76. The summed E-state index contributed by atoms with van der Waals surface area (Å²) < 4.78 is 42.2. The van der Waals surface area contributed by atoms with Gasteiger partial charge in [-0.05, 0) is 0 Å². The van der Waals surface area contributed by atoms with Crippen LogP contribution in [0.4, 0.5) is 19.0 Å². The first-order chi connectivity index (χ1) is 7.97. The van der Waals surface area contributed by atoms with Gasteiger partial charge in [0, 0.05) is 26.1 Å². The van der Waals surface area contributed by atoms with Crippen LogP contribution in [0.3, 0.4) is 0 Å². The Morgan fingerprint density at radius 3 is 2.65 bits per heavy atom. The molecule has 96 valence electrons. The molecule has 17 heavy (non-hydrogen) atoms. The van der Waals surface area contributed by atoms with Gasteiger partial charge in [-0.15, -0.1) is 0 Å². The standard InChI is InChI=1S/C9H12F3N3O2/c1-13-6-5-7(17-4-2-3-16)15-8(14-6)9(10,11)12/h5,16H,2-4H2,1H3,(H,13,14,15). The van der Waals surface area contributed by atoms with E-state index in [4.69, 9.17) is 9.84 Å². The van der Waals surface area contributed by atoms with Crippen LogP contribution in [0.1, 0.15) is 12.2 Å². The van der Waals surface area contributed by atoms with Gasteiger partial charge in [-0.2, -0.15) is 18.2 Å². The summed E-state index contributed by atoms with van der Waals surface area (Å²) in [6, 6.07) is 1.26. The number of ether oxygens (including phenoxy) is 1. The fraction of sp³-hybridized carbons (Fsp3) is 0.556. The maximum Gasteiger partial charge on any atom is 0.451 e. The number of hydrogen-bond donors (Lipinski definition) is 2. The maximum absolute atomic E-state index is 12.4. The van der Waals surface area contributed by atoms with E-state index in [1.165, 1.54) is 13.1 Å². The number of rotatable bonds is 5. The minimum atomic E-state index is -4.62. The lowest BCUT2D eigenvalue weighted by molar-refractivity contribution is -0.145. The van der Waals surface area contributed by atoms with Crippen molar-refractivity contribution in [1.29, 1.82) is 0 Å². The van der Waals surface area contributed by atoms with Gasteiger partial charge in [-0.25, -0.2) is 4.98 Å². The predicted octanol–water partition coefficient (Wildman–Crippen LogP) is 1.30. The fourth-order valence-electron chi connectivity index (χ4n) is 0.995. The third kappa shape index (κ3) is 4.06. The van der Waals surface area contributed by atoms with Gasteiger partial charge < -0.3 is 15.2 Å². The number of anilines is 1. The summed E-state index contributed by atoms with van der Waals surface area (Å²) in [5, 5.41) is 11.0. The minimum Gasteiger partial charge on any atom is -0.477 e. The summed E-state index contributed by atoms with van der Waals surface area (Å²) in [4.78, 5) is 6.52. The Morgan fingerprint density at radius 2 is 2.12 bits per heavy atom. The molecule has 1 aromatic heterocycles. The van der Waals surface area contributed by atoms with Gasteiger partial charge >= 0.3 is 6.18 Å². The van der Waals surface area contributed by atoms with E-state index in [0.29, 0.717) is 6.42 Å². The van der Waals surface area contributed by atoms with Crippen LogP contribution < -0.4 is 10.1 Å². The molecule has 0 aromatic carbocycles. The molecule has 0 aliphatic carbocycles. The van der Waals surface area contributed by atoms with Gasteiger partial charge in [0.05, 0.1) is 6.61 Å². The lowest BCUT2D eigenvalue weighted by Gasteiger charge is -2.10. The van der Waals surface area contributed by atoms with E-state index in [-0.39, 0.29) is 24.9 Å². The van der Waals surface area contributed by atoms with Crippen LogP contribution in [0.2, 0.25) is 0 Å². The summed E-state index contributed by atoms with van der Waals surface area (Å²) in [6.45, 7) is -0.00986. The van der Waals surface area contributed by atoms with Crippen LogP contribution in [0.5, 0.6) is 5.88 Å². The molecule has 0 aliphatic rings. The molecule has 0 atom stereocenters. The Hall–Kier alpha value is -1.57. The molecule has 0 radical (unpaired) electrons. The molecule has 0 saturated heterocycles. The van der Waals surface area contributed by atoms with E-state index in [9.17, 15) is 13.2 Å². The molecule has 0 fully saturated rings. The molecule has 1 rings (SSSR count). The zero-order valence-corrected chi connectivity index (χ0v) is 9.08. The second kappa shape index (κ2) is 5.67. The Morgan fingerprint density at radius 1 is 1.41 bits per heavy atom. The first-order valence-electron chi connectivity index (χ1n) is 4.85. The number of aromatic nitrogens is 2. The van der Waals surface area contributed by atoms with Gasteiger partial charge in [0.1, 0.15) is 5.82 Å². The molecule has 0 amide bonds. The highest BCUT2D eigenvalue weighted by molar-refractivity contribution is 5.38. The summed E-state index contributed by atoms with van der Waals surface area (Å²) in [7, 11) is 1.44. The van der Waals surface area contributed by atoms with Crippen LogP contribution in [-0.2, 0) is 6.18 Å². The Kier molecular flexibility index (Phi) is 4.50. The second-order valence-electron chi connectivity index (χ2n) is 3.09. The lowest BCUT2D eigenvalue weighted by Crippen LogP contribution is -2.14. The molecule has 8 heteroatoms. The van der Waals surface area contributed by atoms with Gasteiger partial charge in [-0.1, -0.05) is 0 Å². The number of hydrogen-bond acceptors (Lipinski definition) is 5. The maximum atomic E-state index is 12.4. The Balaban J connectivity index is 2.89. The van der Waals surface area contributed by atoms with E-state index in [1.807, 2.05) is 0 Å². The molecular weight excluding hydrogens is 239 g/mol. The first kappa shape index (κ1) is 13.5. The molecule has 0 unspecified atom stereocenters. The fourth-order valence-corrected chi connectivity index (χ4v) is 0.995. The minimum absolute atomic E-state index is 0.0197. The molecule has 0 aliphatic heterocycles. The zero-order chi connectivity index (χ0) is 12.9. The molecular formula is C9H12F3N3O2. The average Bonchev–Trinajstić information content (AvgIpc) is 2.28. The quantitative estimate of drug-likeness (QED) is 0.772. The number of aliphatic hydroxyl groups excluding tert-OH is 1. The number of alkyl halides is 3. The van der Waals surface area contributed by atoms with Gasteiger partial charge in [0.2, 0.25) is 11.7 Å². The van der Waals surface area contributed by atoms with Crippen LogP contribution in [0, 0.1) is 0 Å². The van der Waals surface area contributed by atoms with Gasteiger partial charge in [0.15, 0.2) is 0 Å². The molecule has 0 spiro atoms. The van der Waals surface area contributed by atoms with E-state index in [2.05, 4.69) is 15.3 Å². The molecule has 1 aromatic rings. The smallest absolute Gasteiger partial charge is 0.451 e. The van der Waals surface area contributed by atoms with E-state index in [1.54, 1.807) is 0 Å². The molecule has 0 saturated carbocycles. The van der Waals surface area contributed by atoms with Crippen molar-refractivity contribution in [3.8, 4) is 5.88 Å². The molecule has 0 bridgehead atoms. The van der Waals surface area contributed by atoms with Crippen LogP contribution in [0.25, 0.3) is 0 Å². The Labute approximate surface area is 95.6 Å². The van der Waals surface area contributed by atoms with Crippen molar-refractivity contribution in [2.24, 2.45) is 0 Å². The molecule has 2 N–H and O–H groups in total. The van der Waals surface area contributed by atoms with Crippen molar-refractivity contribution in [3.05, 3.63) is 11.9 Å². The molecule has 5 nitrogen and oxygen atoms in total. The topological polar surface area (TPSA) is 67.3 Å². The highest BCUT2D eigenvalue weighted by Gasteiger charge is 2.35. The average molecular weight is 251 g/mol. The van der Waals surface area contributed by atoms with Gasteiger partial charge in [0.25, 0.3) is 0 Å². The number of halogens is 3. The van der Waals surface area contributed by atoms with E-state index in [0.717, 1.165) is 0 Å². The number of aliphatic hydroxyl groups is 1. The van der Waals surface area contributed by atoms with Crippen molar-refractivity contribution < 1.29 is 23.0 Å². The zero-order valence-electron chi connectivity index (χ0n) is 9.08. The van der Waals surface area contributed by atoms with Crippen LogP contribution in [0.15, 0.2) is 6.07 Å². The highest BCUT2D eigenvalue weighted by Crippen LogP contribution is 2.28. The van der Waals surface area contributed by atoms with Crippen molar-refractivity contribution in [2.45, 2.75) is 12.6 Å². The SMILES string of the molecule is CNc1cc(OCCCO)nc(C(F)(F)F)n1. The second-order valence-corrected chi connectivity index (χ2v) is 3.09. The normalized spacial score (nSPS) is 11.4. The number of nitrogens with zero attached hydrogens (tertiary/aromatic N) is 2. The van der Waals surface area contributed by atoms with Crippen molar-refractivity contribution >= 4 is 5.82 Å². The first-order valence-corrected chi connectivity index (χ1v) is 4.85. The van der Waals surface area contributed by atoms with Crippen LogP contribution in [-0.4, -0.2) is 35.3 Å². The highest BCUT2D eigenvalue weighted by atomic mass is 19.4. The summed E-state index contributed by atoms with van der Waals surface area (Å²) in [6.07, 6.45) is -4.30. The van der Waals surface area contributed by atoms with E-state index < -0.39 is 12.0 Å². The Bertz CT molecular complexity index is 371. The van der Waals surface area contributed by atoms with Crippen molar-refractivity contribution in [1.82, 2.24) is 9.97 Å². The van der Waals surface area contributed by atoms with Gasteiger partial charge in [-0.3, -0.25) is 0 Å². The number of nitrogens with one attached hydrogen (secondary N) is 1.